The zero-order chi connectivity index (χ0) is 28.6. The van der Waals surface area contributed by atoms with E-state index in [-0.39, 0.29) is 86.3 Å². The van der Waals surface area contributed by atoms with Crippen LogP contribution in [0.1, 0.15) is 78.6 Å². The molecule has 0 bridgehead atoms. The number of allylic oxidation sites excluding steroid dienone is 1. The van der Waals surface area contributed by atoms with Crippen LogP contribution in [0.2, 0.25) is 0 Å². The second kappa shape index (κ2) is 9.60. The first-order chi connectivity index (χ1) is 18.2. The molecule has 3 unspecified atom stereocenters. The number of ketones is 2. The number of ether oxygens (including phenoxy) is 1. The van der Waals surface area contributed by atoms with Crippen molar-refractivity contribution in [1.29, 1.82) is 0 Å². The maximum Gasteiger partial charge on any atom is 0.307 e. The minimum absolute atomic E-state index is 0.0691. The number of carbonyl (C=O) groups is 3. The Balaban J connectivity index is 1.55. The highest BCUT2D eigenvalue weighted by atomic mass is 32.2. The normalized spacial score (nSPS) is 45.7. The van der Waals surface area contributed by atoms with E-state index in [0.29, 0.717) is 6.42 Å². The molecule has 0 aromatic carbocycles. The molecule has 10 heteroatoms. The van der Waals surface area contributed by atoms with Crippen molar-refractivity contribution in [2.45, 2.75) is 108 Å². The Labute approximate surface area is 232 Å². The predicted molar refractivity (Wildman–Crippen MR) is 140 cm³/mol. The van der Waals surface area contributed by atoms with Gasteiger partial charge in [0.15, 0.2) is 17.4 Å². The highest BCUT2D eigenvalue weighted by molar-refractivity contribution is 8.00. The molecule has 3 N–H and O–H groups in total. The molecule has 4 fully saturated rings. The molecule has 0 aromatic rings. The lowest BCUT2D eigenvalue weighted by molar-refractivity contribution is -0.290. The highest BCUT2D eigenvalue weighted by Gasteiger charge is 2.78. The molecular formula is C29H40F2O7S. The Morgan fingerprint density at radius 2 is 1.95 bits per heavy atom. The van der Waals surface area contributed by atoms with E-state index in [0.717, 1.165) is 0 Å². The fourth-order valence-corrected chi connectivity index (χ4v) is 10.5. The molecule has 1 heterocycles. The SMILES string of the molecule is CCCC(O)(O)[C@]1(C(=O)CSC2COC(=O)C2)CC[C@H]2[C@@H]3CC(F)C4=CC(=O)CC[C@]4(C)[C@@]3(F)C(O)C[C@@]21C. The van der Waals surface area contributed by atoms with Crippen LogP contribution < -0.4 is 0 Å². The summed E-state index contributed by atoms with van der Waals surface area (Å²) in [6.45, 7) is 5.30. The number of halogens is 2. The standard InChI is InChI=1S/C29H40F2O7S/c1-4-7-28(36,37)27(23(34)15-39-17-11-24(35)38-14-17)9-6-18-19-12-21(30)20-10-16(32)5-8-25(20,2)29(19,31)22(33)13-26(18,27)3/h10,17-19,21-22,33,36-37H,4-9,11-15H2,1-3H3/t17?,18-,19-,21?,22?,25-,26-,27-,29-/m0/s1. The number of hydrogen-bond acceptors (Lipinski definition) is 8. The summed E-state index contributed by atoms with van der Waals surface area (Å²) in [7, 11) is 0. The molecule has 0 amide bonds. The van der Waals surface area contributed by atoms with Gasteiger partial charge in [-0.15, -0.1) is 11.8 Å². The van der Waals surface area contributed by atoms with Gasteiger partial charge < -0.3 is 20.1 Å². The van der Waals surface area contributed by atoms with Gasteiger partial charge in [0.2, 0.25) is 0 Å². The van der Waals surface area contributed by atoms with E-state index >= 15 is 8.78 Å². The van der Waals surface area contributed by atoms with Gasteiger partial charge in [0.25, 0.3) is 0 Å². The lowest BCUT2D eigenvalue weighted by atomic mass is 9.41. The van der Waals surface area contributed by atoms with E-state index in [1.165, 1.54) is 17.8 Å². The second-order valence-corrected chi connectivity index (χ2v) is 14.3. The van der Waals surface area contributed by atoms with Crippen LogP contribution in [0, 0.1) is 28.1 Å². The van der Waals surface area contributed by atoms with Gasteiger partial charge in [0.05, 0.1) is 23.7 Å². The number of carbonyl (C=O) groups excluding carboxylic acids is 3. The molecule has 0 spiro atoms. The molecule has 5 rings (SSSR count). The smallest absolute Gasteiger partial charge is 0.307 e. The van der Waals surface area contributed by atoms with Crippen molar-refractivity contribution in [3.63, 3.8) is 0 Å². The fraction of sp³-hybridized carbons (Fsp3) is 0.828. The Morgan fingerprint density at radius 3 is 2.59 bits per heavy atom. The number of alkyl halides is 2. The van der Waals surface area contributed by atoms with Gasteiger partial charge in [-0.25, -0.2) is 8.78 Å². The number of cyclic esters (lactones) is 1. The molecule has 5 aliphatic rings. The van der Waals surface area contributed by atoms with Crippen LogP contribution >= 0.6 is 11.8 Å². The van der Waals surface area contributed by atoms with Crippen LogP contribution in [-0.2, 0) is 19.1 Å². The van der Waals surface area contributed by atoms with Gasteiger partial charge in [-0.1, -0.05) is 27.2 Å². The van der Waals surface area contributed by atoms with Crippen molar-refractivity contribution in [2.75, 3.05) is 12.4 Å². The third kappa shape index (κ3) is 3.87. The van der Waals surface area contributed by atoms with Gasteiger partial charge in [-0.3, -0.25) is 14.4 Å². The van der Waals surface area contributed by atoms with E-state index < -0.39 is 57.6 Å². The molecule has 4 aliphatic carbocycles. The third-order valence-corrected chi connectivity index (χ3v) is 12.5. The van der Waals surface area contributed by atoms with Crippen LogP contribution in [-0.4, -0.2) is 74.2 Å². The number of aliphatic hydroxyl groups is 3. The number of hydrogen-bond donors (Lipinski definition) is 3. The average molecular weight is 571 g/mol. The summed E-state index contributed by atoms with van der Waals surface area (Å²) < 4.78 is 38.2. The second-order valence-electron chi connectivity index (χ2n) is 13.0. The van der Waals surface area contributed by atoms with E-state index in [4.69, 9.17) is 4.74 Å². The summed E-state index contributed by atoms with van der Waals surface area (Å²) in [4.78, 5) is 37.9. The Kier molecular flexibility index (Phi) is 7.17. The summed E-state index contributed by atoms with van der Waals surface area (Å²) in [5, 5.41) is 34.6. The van der Waals surface area contributed by atoms with Crippen molar-refractivity contribution < 1.29 is 43.2 Å². The minimum Gasteiger partial charge on any atom is -0.464 e. The maximum absolute atomic E-state index is 17.5. The first-order valence-electron chi connectivity index (χ1n) is 14.2. The molecule has 1 saturated heterocycles. The van der Waals surface area contributed by atoms with Crippen molar-refractivity contribution in [3.8, 4) is 0 Å². The van der Waals surface area contributed by atoms with Crippen molar-refractivity contribution in [1.82, 2.24) is 0 Å². The van der Waals surface area contributed by atoms with Crippen molar-refractivity contribution >= 4 is 29.3 Å². The van der Waals surface area contributed by atoms with Crippen LogP contribution in [0.3, 0.4) is 0 Å². The number of esters is 1. The minimum atomic E-state index is -2.42. The lowest BCUT2D eigenvalue weighted by Gasteiger charge is -2.65. The fourth-order valence-electron chi connectivity index (χ4n) is 9.40. The summed E-state index contributed by atoms with van der Waals surface area (Å²) in [5.74, 6) is -5.04. The number of aliphatic hydroxyl groups excluding tert-OH is 1. The van der Waals surface area contributed by atoms with Crippen LogP contribution in [0.4, 0.5) is 8.78 Å². The molecule has 39 heavy (non-hydrogen) atoms. The molecule has 1 aliphatic heterocycles. The number of Topliss-reactive ketones (excluding diaryl/α,β-unsaturated/α-hetero) is 1. The number of fused-ring (bicyclic) bond motifs is 5. The molecule has 3 saturated carbocycles. The molecule has 0 radical (unpaired) electrons. The number of thioether (sulfide) groups is 1. The summed E-state index contributed by atoms with van der Waals surface area (Å²) >= 11 is 1.24. The van der Waals surface area contributed by atoms with Gasteiger partial charge in [-0.05, 0) is 55.1 Å². The average Bonchev–Trinajstić information content (AvgIpc) is 3.41. The topological polar surface area (TPSA) is 121 Å². The Morgan fingerprint density at radius 1 is 1.23 bits per heavy atom. The van der Waals surface area contributed by atoms with Crippen molar-refractivity contribution in [3.05, 3.63) is 11.6 Å². The largest absolute Gasteiger partial charge is 0.464 e. The monoisotopic (exact) mass is 570 g/mol. The quantitative estimate of drug-likeness (QED) is 0.314. The first kappa shape index (κ1) is 29.1. The van der Waals surface area contributed by atoms with E-state index in [9.17, 15) is 29.7 Å². The van der Waals surface area contributed by atoms with Gasteiger partial charge in [0, 0.05) is 29.4 Å². The zero-order valence-electron chi connectivity index (χ0n) is 22.9. The van der Waals surface area contributed by atoms with Crippen LogP contribution in [0.15, 0.2) is 11.6 Å². The summed E-state index contributed by atoms with van der Waals surface area (Å²) in [6.07, 6.45) is -1.37. The van der Waals surface area contributed by atoms with Gasteiger partial charge >= 0.3 is 5.97 Å². The zero-order valence-corrected chi connectivity index (χ0v) is 23.7. The van der Waals surface area contributed by atoms with Crippen LogP contribution in [0.25, 0.3) is 0 Å². The van der Waals surface area contributed by atoms with Crippen molar-refractivity contribution in [2.24, 2.45) is 28.1 Å². The highest BCUT2D eigenvalue weighted by Crippen LogP contribution is 2.74. The van der Waals surface area contributed by atoms with E-state index in [1.807, 2.05) is 0 Å². The maximum atomic E-state index is 17.5. The van der Waals surface area contributed by atoms with E-state index in [2.05, 4.69) is 0 Å². The first-order valence-corrected chi connectivity index (χ1v) is 15.2. The molecule has 0 aromatic heterocycles. The number of rotatable bonds is 7. The summed E-state index contributed by atoms with van der Waals surface area (Å²) in [5.41, 5.74) is -6.41. The third-order valence-electron chi connectivity index (χ3n) is 11.3. The molecule has 218 valence electrons. The molecule has 9 atom stereocenters. The predicted octanol–water partition coefficient (Wildman–Crippen LogP) is 3.61. The van der Waals surface area contributed by atoms with E-state index in [1.54, 1.807) is 20.8 Å². The van der Waals surface area contributed by atoms with Gasteiger partial charge in [0.1, 0.15) is 18.4 Å². The van der Waals surface area contributed by atoms with Crippen LogP contribution in [0.5, 0.6) is 0 Å². The van der Waals surface area contributed by atoms with Gasteiger partial charge in [-0.2, -0.15) is 0 Å². The Hall–Kier alpha value is -1.36. The summed E-state index contributed by atoms with van der Waals surface area (Å²) in [6, 6.07) is 0. The lowest BCUT2D eigenvalue weighted by Crippen LogP contribution is -2.72. The molecular weight excluding hydrogens is 530 g/mol. The molecule has 7 nitrogen and oxygen atoms in total. The Bertz CT molecular complexity index is 1100.